The third kappa shape index (κ3) is 3.38. The fraction of sp³-hybridized carbons (Fsp3) is 0.429. The molecule has 3 aromatic rings. The Hall–Kier alpha value is -2.80. The Labute approximate surface area is 164 Å². The van der Waals surface area contributed by atoms with E-state index in [-0.39, 0.29) is 0 Å². The molecule has 0 atom stereocenters. The van der Waals surface area contributed by atoms with Crippen molar-refractivity contribution in [2.75, 3.05) is 54.5 Å². The Morgan fingerprint density at radius 2 is 1.71 bits per heavy atom. The summed E-state index contributed by atoms with van der Waals surface area (Å²) in [5, 5.41) is 4.54. The van der Waals surface area contributed by atoms with Crippen LogP contribution in [0.3, 0.4) is 0 Å². The highest BCUT2D eigenvalue weighted by Gasteiger charge is 2.18. The summed E-state index contributed by atoms with van der Waals surface area (Å²) in [5.41, 5.74) is 4.25. The van der Waals surface area contributed by atoms with Gasteiger partial charge in [-0.2, -0.15) is 9.97 Å². The van der Waals surface area contributed by atoms with Crippen molar-refractivity contribution in [1.29, 1.82) is 0 Å². The molecule has 0 radical (unpaired) electrons. The number of hydrogen-bond acceptors (Lipinski definition) is 6. The van der Waals surface area contributed by atoms with Gasteiger partial charge in [0.1, 0.15) is 11.5 Å². The van der Waals surface area contributed by atoms with E-state index in [9.17, 15) is 0 Å². The molecule has 2 aliphatic rings. The molecule has 0 bridgehead atoms. The number of ether oxygens (including phenoxy) is 1. The largest absolute Gasteiger partial charge is 0.378 e. The molecule has 5 rings (SSSR count). The lowest BCUT2D eigenvalue weighted by molar-refractivity contribution is 0.122. The number of aromatic amines is 1. The second kappa shape index (κ2) is 7.31. The SMILES string of the molecule is Cc1cc2c(Nc3ccc(N4CCOCC4)cc3)nc(N3CCCC3)nc2[nH]1. The summed E-state index contributed by atoms with van der Waals surface area (Å²) in [7, 11) is 0. The average molecular weight is 378 g/mol. The van der Waals surface area contributed by atoms with Crippen molar-refractivity contribution in [3.05, 3.63) is 36.0 Å². The molecule has 0 saturated carbocycles. The Balaban J connectivity index is 1.43. The molecule has 4 heterocycles. The van der Waals surface area contributed by atoms with Crippen LogP contribution in [0.2, 0.25) is 0 Å². The fourth-order valence-electron chi connectivity index (χ4n) is 4.00. The monoisotopic (exact) mass is 378 g/mol. The van der Waals surface area contributed by atoms with Gasteiger partial charge in [-0.25, -0.2) is 0 Å². The van der Waals surface area contributed by atoms with E-state index in [1.807, 2.05) is 0 Å². The first-order valence-corrected chi connectivity index (χ1v) is 10.1. The summed E-state index contributed by atoms with van der Waals surface area (Å²) in [4.78, 5) is 17.6. The molecule has 2 fully saturated rings. The van der Waals surface area contributed by atoms with Crippen LogP contribution in [-0.4, -0.2) is 54.3 Å². The van der Waals surface area contributed by atoms with Gasteiger partial charge in [-0.15, -0.1) is 0 Å². The van der Waals surface area contributed by atoms with E-state index in [1.54, 1.807) is 0 Å². The van der Waals surface area contributed by atoms with Crippen LogP contribution < -0.4 is 15.1 Å². The Kier molecular flexibility index (Phi) is 4.52. The zero-order chi connectivity index (χ0) is 18.9. The van der Waals surface area contributed by atoms with E-state index >= 15 is 0 Å². The summed E-state index contributed by atoms with van der Waals surface area (Å²) in [5.74, 6) is 1.66. The molecule has 28 heavy (non-hydrogen) atoms. The van der Waals surface area contributed by atoms with Gasteiger partial charge >= 0.3 is 0 Å². The van der Waals surface area contributed by atoms with Crippen molar-refractivity contribution in [3.63, 3.8) is 0 Å². The third-order valence-electron chi connectivity index (χ3n) is 5.51. The predicted molar refractivity (Wildman–Crippen MR) is 113 cm³/mol. The van der Waals surface area contributed by atoms with E-state index in [4.69, 9.17) is 14.7 Å². The second-order valence-corrected chi connectivity index (χ2v) is 7.55. The van der Waals surface area contributed by atoms with E-state index in [1.165, 1.54) is 18.5 Å². The minimum absolute atomic E-state index is 0.797. The molecule has 0 spiro atoms. The van der Waals surface area contributed by atoms with Crippen LogP contribution in [0.1, 0.15) is 18.5 Å². The van der Waals surface area contributed by atoms with Crippen LogP contribution in [-0.2, 0) is 4.74 Å². The zero-order valence-electron chi connectivity index (χ0n) is 16.2. The lowest BCUT2D eigenvalue weighted by Gasteiger charge is -2.29. The van der Waals surface area contributed by atoms with Crippen LogP contribution in [0.5, 0.6) is 0 Å². The first-order valence-electron chi connectivity index (χ1n) is 10.1. The molecular formula is C21H26N6O. The van der Waals surface area contributed by atoms with Gasteiger partial charge < -0.3 is 24.8 Å². The van der Waals surface area contributed by atoms with Gasteiger partial charge in [-0.1, -0.05) is 0 Å². The van der Waals surface area contributed by atoms with Gasteiger partial charge in [-0.05, 0) is 50.1 Å². The van der Waals surface area contributed by atoms with Crippen LogP contribution in [0, 0.1) is 6.92 Å². The smallest absolute Gasteiger partial charge is 0.229 e. The van der Waals surface area contributed by atoms with E-state index in [2.05, 4.69) is 57.4 Å². The Morgan fingerprint density at radius 1 is 0.964 bits per heavy atom. The Morgan fingerprint density at radius 3 is 2.46 bits per heavy atom. The van der Waals surface area contributed by atoms with Gasteiger partial charge in [0.15, 0.2) is 0 Å². The van der Waals surface area contributed by atoms with Crippen molar-refractivity contribution >= 4 is 34.2 Å². The highest BCUT2D eigenvalue weighted by Crippen LogP contribution is 2.29. The maximum atomic E-state index is 5.45. The van der Waals surface area contributed by atoms with Crippen molar-refractivity contribution in [1.82, 2.24) is 15.0 Å². The lowest BCUT2D eigenvalue weighted by atomic mass is 10.2. The summed E-state index contributed by atoms with van der Waals surface area (Å²) in [6, 6.07) is 10.7. The number of aryl methyl sites for hydroxylation is 1. The maximum Gasteiger partial charge on any atom is 0.229 e. The number of rotatable bonds is 4. The molecule has 1 aromatic carbocycles. The number of nitrogens with zero attached hydrogens (tertiary/aromatic N) is 4. The van der Waals surface area contributed by atoms with Gasteiger partial charge in [0.25, 0.3) is 0 Å². The molecule has 2 aliphatic heterocycles. The number of aromatic nitrogens is 3. The highest BCUT2D eigenvalue weighted by atomic mass is 16.5. The minimum Gasteiger partial charge on any atom is -0.378 e. The fourth-order valence-corrected chi connectivity index (χ4v) is 4.00. The standard InChI is InChI=1S/C21H26N6O/c1-15-14-18-19(22-15)24-21(27-8-2-3-9-27)25-20(18)23-16-4-6-17(7-5-16)26-10-12-28-13-11-26/h4-7,14H,2-3,8-13H2,1H3,(H2,22,23,24,25). The van der Waals surface area contributed by atoms with Crippen molar-refractivity contribution in [3.8, 4) is 0 Å². The molecule has 146 valence electrons. The topological polar surface area (TPSA) is 69.3 Å². The number of morpholine rings is 1. The molecule has 2 N–H and O–H groups in total. The number of hydrogen-bond donors (Lipinski definition) is 2. The van der Waals surface area contributed by atoms with E-state index < -0.39 is 0 Å². The molecule has 2 saturated heterocycles. The van der Waals surface area contributed by atoms with Crippen molar-refractivity contribution in [2.24, 2.45) is 0 Å². The molecular weight excluding hydrogens is 352 g/mol. The normalized spacial score (nSPS) is 17.5. The zero-order valence-corrected chi connectivity index (χ0v) is 16.2. The maximum absolute atomic E-state index is 5.45. The molecule has 0 unspecified atom stereocenters. The molecule has 7 heteroatoms. The summed E-state index contributed by atoms with van der Waals surface area (Å²) < 4.78 is 5.45. The van der Waals surface area contributed by atoms with E-state index in [0.29, 0.717) is 0 Å². The third-order valence-corrected chi connectivity index (χ3v) is 5.51. The average Bonchev–Trinajstić information content (AvgIpc) is 3.38. The van der Waals surface area contributed by atoms with Crippen LogP contribution >= 0.6 is 0 Å². The van der Waals surface area contributed by atoms with Gasteiger partial charge in [0, 0.05) is 43.2 Å². The number of benzene rings is 1. The van der Waals surface area contributed by atoms with Crippen molar-refractivity contribution in [2.45, 2.75) is 19.8 Å². The molecule has 2 aromatic heterocycles. The van der Waals surface area contributed by atoms with Crippen LogP contribution in [0.15, 0.2) is 30.3 Å². The predicted octanol–water partition coefficient (Wildman–Crippen LogP) is 3.45. The number of nitrogens with one attached hydrogen (secondary N) is 2. The molecule has 7 nitrogen and oxygen atoms in total. The summed E-state index contributed by atoms with van der Waals surface area (Å²) in [6.45, 7) is 7.59. The minimum atomic E-state index is 0.797. The Bertz CT molecular complexity index is 955. The first-order chi connectivity index (χ1) is 13.8. The van der Waals surface area contributed by atoms with Crippen LogP contribution in [0.4, 0.5) is 23.1 Å². The lowest BCUT2D eigenvalue weighted by Crippen LogP contribution is -2.36. The summed E-state index contributed by atoms with van der Waals surface area (Å²) in [6.07, 6.45) is 2.41. The van der Waals surface area contributed by atoms with Gasteiger partial charge in [-0.3, -0.25) is 0 Å². The van der Waals surface area contributed by atoms with Crippen molar-refractivity contribution < 1.29 is 4.74 Å². The first kappa shape index (κ1) is 17.3. The molecule has 0 aliphatic carbocycles. The number of anilines is 4. The van der Waals surface area contributed by atoms with Crippen LogP contribution in [0.25, 0.3) is 11.0 Å². The second-order valence-electron chi connectivity index (χ2n) is 7.55. The van der Waals surface area contributed by atoms with E-state index in [0.717, 1.165) is 73.6 Å². The van der Waals surface area contributed by atoms with Gasteiger partial charge in [0.2, 0.25) is 5.95 Å². The summed E-state index contributed by atoms with van der Waals surface area (Å²) >= 11 is 0. The highest BCUT2D eigenvalue weighted by molar-refractivity contribution is 5.90. The van der Waals surface area contributed by atoms with Gasteiger partial charge in [0.05, 0.1) is 18.6 Å². The number of fused-ring (bicyclic) bond motifs is 1. The molecule has 0 amide bonds. The quantitative estimate of drug-likeness (QED) is 0.725. The number of H-pyrrole nitrogens is 1.